The van der Waals surface area contributed by atoms with Gasteiger partial charge in [-0.3, -0.25) is 14.4 Å². The van der Waals surface area contributed by atoms with Gasteiger partial charge >= 0.3 is 17.9 Å². The summed E-state index contributed by atoms with van der Waals surface area (Å²) in [7, 11) is 0. The maximum atomic E-state index is 12.8. The Balaban J connectivity index is 4.44. The van der Waals surface area contributed by atoms with E-state index >= 15 is 0 Å². The smallest absolute Gasteiger partial charge is 0.306 e. The third-order valence-corrected chi connectivity index (χ3v) is 11.8. The van der Waals surface area contributed by atoms with Gasteiger partial charge in [-0.1, -0.05) is 255 Å². The SMILES string of the molecule is CC/C=C\C/C=C\C/C=C\C/C=C\C/C=C\CCCC(=O)OC[C@@H](COC(=O)CCCCCCCCCCCCCCCC)OC(=O)CCCCCCCCCCCCCCCCC. The van der Waals surface area contributed by atoms with Crippen molar-refractivity contribution in [2.24, 2.45) is 0 Å². The number of hydrogen-bond acceptors (Lipinski definition) is 6. The van der Waals surface area contributed by atoms with E-state index in [4.69, 9.17) is 14.2 Å². The van der Waals surface area contributed by atoms with Crippen LogP contribution in [0.3, 0.4) is 0 Å². The highest BCUT2D eigenvalue weighted by molar-refractivity contribution is 5.71. The molecule has 0 fully saturated rings. The summed E-state index contributed by atoms with van der Waals surface area (Å²) in [6.07, 6.45) is 64.9. The zero-order chi connectivity index (χ0) is 46.5. The minimum absolute atomic E-state index is 0.0879. The van der Waals surface area contributed by atoms with Gasteiger partial charge in [-0.25, -0.2) is 0 Å². The van der Waals surface area contributed by atoms with Gasteiger partial charge in [-0.2, -0.15) is 0 Å². The summed E-state index contributed by atoms with van der Waals surface area (Å²) in [4.78, 5) is 38.0. The number of esters is 3. The zero-order valence-corrected chi connectivity index (χ0v) is 42.3. The Morgan fingerprint density at radius 2 is 0.609 bits per heavy atom. The molecule has 64 heavy (non-hydrogen) atoms. The summed E-state index contributed by atoms with van der Waals surface area (Å²) in [6, 6.07) is 0. The van der Waals surface area contributed by atoms with Crippen LogP contribution in [0.1, 0.15) is 271 Å². The molecule has 0 aromatic carbocycles. The van der Waals surface area contributed by atoms with Crippen LogP contribution in [-0.2, 0) is 28.6 Å². The molecule has 0 saturated carbocycles. The van der Waals surface area contributed by atoms with Crippen LogP contribution < -0.4 is 0 Å². The second-order valence-corrected chi connectivity index (χ2v) is 18.1. The van der Waals surface area contributed by atoms with Gasteiger partial charge in [0.05, 0.1) is 0 Å². The van der Waals surface area contributed by atoms with Crippen LogP contribution in [-0.4, -0.2) is 37.2 Å². The van der Waals surface area contributed by atoms with E-state index in [1.165, 1.54) is 148 Å². The predicted octanol–water partition coefficient (Wildman–Crippen LogP) is 18.0. The quantitative estimate of drug-likeness (QED) is 0.0262. The molecule has 6 nitrogen and oxygen atoms in total. The lowest BCUT2D eigenvalue weighted by Gasteiger charge is -2.18. The van der Waals surface area contributed by atoms with Crippen molar-refractivity contribution in [2.45, 2.75) is 277 Å². The average Bonchev–Trinajstić information content (AvgIpc) is 3.29. The topological polar surface area (TPSA) is 78.9 Å². The molecule has 0 unspecified atom stereocenters. The van der Waals surface area contributed by atoms with Crippen LogP contribution in [0.5, 0.6) is 0 Å². The fraction of sp³-hybridized carbons (Fsp3) is 0.776. The van der Waals surface area contributed by atoms with Gasteiger partial charge < -0.3 is 14.2 Å². The molecule has 0 aromatic rings. The zero-order valence-electron chi connectivity index (χ0n) is 42.3. The maximum Gasteiger partial charge on any atom is 0.306 e. The van der Waals surface area contributed by atoms with Gasteiger partial charge in [0, 0.05) is 19.3 Å². The Morgan fingerprint density at radius 1 is 0.328 bits per heavy atom. The van der Waals surface area contributed by atoms with Gasteiger partial charge in [0.15, 0.2) is 6.10 Å². The second kappa shape index (κ2) is 52.7. The highest BCUT2D eigenvalue weighted by atomic mass is 16.6. The molecule has 0 aliphatic heterocycles. The largest absolute Gasteiger partial charge is 0.462 e. The van der Waals surface area contributed by atoms with Gasteiger partial charge in [0.25, 0.3) is 0 Å². The van der Waals surface area contributed by atoms with Gasteiger partial charge in [0.2, 0.25) is 0 Å². The number of rotatable bonds is 49. The summed E-state index contributed by atoms with van der Waals surface area (Å²) in [5.41, 5.74) is 0. The number of ether oxygens (including phenoxy) is 3. The van der Waals surface area contributed by atoms with Crippen molar-refractivity contribution in [1.29, 1.82) is 0 Å². The van der Waals surface area contributed by atoms with Gasteiger partial charge in [-0.15, -0.1) is 0 Å². The molecule has 370 valence electrons. The van der Waals surface area contributed by atoms with Crippen molar-refractivity contribution >= 4 is 17.9 Å². The van der Waals surface area contributed by atoms with Crippen LogP contribution in [0.25, 0.3) is 0 Å². The molecule has 0 aromatic heterocycles. The van der Waals surface area contributed by atoms with Crippen molar-refractivity contribution in [3.63, 3.8) is 0 Å². The Hall–Kier alpha value is -2.89. The molecule has 0 rings (SSSR count). The summed E-state index contributed by atoms with van der Waals surface area (Å²) in [6.45, 7) is 6.50. The molecule has 0 radical (unpaired) electrons. The molecule has 0 spiro atoms. The van der Waals surface area contributed by atoms with Crippen molar-refractivity contribution < 1.29 is 28.6 Å². The molecule has 0 amide bonds. The number of carbonyl (C=O) groups is 3. The van der Waals surface area contributed by atoms with E-state index in [2.05, 4.69) is 81.5 Å². The normalized spacial score (nSPS) is 12.5. The number of unbranched alkanes of at least 4 members (excludes halogenated alkanes) is 28. The van der Waals surface area contributed by atoms with Gasteiger partial charge in [0.1, 0.15) is 13.2 Å². The summed E-state index contributed by atoms with van der Waals surface area (Å²) in [5.74, 6) is -0.938. The molecule has 0 saturated heterocycles. The third kappa shape index (κ3) is 50.1. The first kappa shape index (κ1) is 61.1. The molecular formula is C58H102O6. The van der Waals surface area contributed by atoms with E-state index in [-0.39, 0.29) is 37.5 Å². The highest BCUT2D eigenvalue weighted by Crippen LogP contribution is 2.16. The van der Waals surface area contributed by atoms with E-state index in [1.807, 2.05) is 0 Å². The standard InChI is InChI=1S/C58H102O6/c1-4-7-10-13-16-19-22-25-28-29-31-33-36-39-42-45-48-51-57(60)63-54-55(53-62-56(59)50-47-44-41-38-35-32-27-24-21-18-15-12-9-6-3)64-58(61)52-49-46-43-40-37-34-30-26-23-20-17-14-11-8-5-2/h7,10,16,19,25,28,31,33,39,42,55H,4-6,8-9,11-15,17-18,20-24,26-27,29-30,32,34-38,40-41,43-54H2,1-3H3/b10-7-,19-16-,28-25-,33-31-,42-39-/t55-/m1/s1. The summed E-state index contributed by atoms with van der Waals surface area (Å²) >= 11 is 0. The fourth-order valence-electron chi connectivity index (χ4n) is 7.71. The van der Waals surface area contributed by atoms with Crippen molar-refractivity contribution in [1.82, 2.24) is 0 Å². The Kier molecular flexibility index (Phi) is 50.4. The minimum Gasteiger partial charge on any atom is -0.462 e. The van der Waals surface area contributed by atoms with E-state index in [0.29, 0.717) is 19.3 Å². The van der Waals surface area contributed by atoms with Crippen LogP contribution in [0.2, 0.25) is 0 Å². The minimum atomic E-state index is -0.793. The van der Waals surface area contributed by atoms with Crippen LogP contribution in [0, 0.1) is 0 Å². The Morgan fingerprint density at radius 3 is 0.953 bits per heavy atom. The van der Waals surface area contributed by atoms with Crippen LogP contribution in [0.4, 0.5) is 0 Å². The first-order valence-corrected chi connectivity index (χ1v) is 27.3. The molecule has 0 bridgehead atoms. The first-order chi connectivity index (χ1) is 31.5. The molecule has 0 aliphatic rings. The van der Waals surface area contributed by atoms with Crippen LogP contribution in [0.15, 0.2) is 60.8 Å². The lowest BCUT2D eigenvalue weighted by molar-refractivity contribution is -0.167. The lowest BCUT2D eigenvalue weighted by atomic mass is 10.0. The molecular weight excluding hydrogens is 793 g/mol. The average molecular weight is 895 g/mol. The Bertz CT molecular complexity index is 1170. The van der Waals surface area contributed by atoms with E-state index < -0.39 is 6.10 Å². The monoisotopic (exact) mass is 895 g/mol. The summed E-state index contributed by atoms with van der Waals surface area (Å²) in [5, 5.41) is 0. The first-order valence-electron chi connectivity index (χ1n) is 27.3. The predicted molar refractivity (Wildman–Crippen MR) is 275 cm³/mol. The Labute approximate surface area is 396 Å². The second-order valence-electron chi connectivity index (χ2n) is 18.1. The maximum absolute atomic E-state index is 12.8. The van der Waals surface area contributed by atoms with Gasteiger partial charge in [-0.05, 0) is 57.8 Å². The third-order valence-electron chi connectivity index (χ3n) is 11.8. The number of hydrogen-bond donors (Lipinski definition) is 0. The number of carbonyl (C=O) groups excluding carboxylic acids is 3. The lowest BCUT2D eigenvalue weighted by Crippen LogP contribution is -2.30. The van der Waals surface area contributed by atoms with E-state index in [0.717, 1.165) is 77.0 Å². The molecule has 0 N–H and O–H groups in total. The van der Waals surface area contributed by atoms with E-state index in [9.17, 15) is 14.4 Å². The number of allylic oxidation sites excluding steroid dienone is 10. The molecule has 0 aliphatic carbocycles. The molecule has 1 atom stereocenters. The van der Waals surface area contributed by atoms with E-state index in [1.54, 1.807) is 0 Å². The van der Waals surface area contributed by atoms with Crippen molar-refractivity contribution in [2.75, 3.05) is 13.2 Å². The highest BCUT2D eigenvalue weighted by Gasteiger charge is 2.19. The van der Waals surface area contributed by atoms with Crippen molar-refractivity contribution in [3.05, 3.63) is 60.8 Å². The van der Waals surface area contributed by atoms with Crippen LogP contribution >= 0.6 is 0 Å². The fourth-order valence-corrected chi connectivity index (χ4v) is 7.71. The molecule has 6 heteroatoms. The van der Waals surface area contributed by atoms with Crippen molar-refractivity contribution in [3.8, 4) is 0 Å². The molecule has 0 heterocycles. The summed E-state index contributed by atoms with van der Waals surface area (Å²) < 4.78 is 16.8.